The molecule has 1 amide bonds. The van der Waals surface area contributed by atoms with E-state index >= 15 is 0 Å². The number of thioether (sulfide) groups is 1. The summed E-state index contributed by atoms with van der Waals surface area (Å²) in [7, 11) is 0. The van der Waals surface area contributed by atoms with Gasteiger partial charge in [-0.1, -0.05) is 18.7 Å². The molecule has 0 radical (unpaired) electrons. The number of thiophene rings is 1. The molecule has 2 aliphatic carbocycles. The van der Waals surface area contributed by atoms with E-state index in [0.717, 1.165) is 34.4 Å². The summed E-state index contributed by atoms with van der Waals surface area (Å²) in [5.41, 5.74) is 1.46. The van der Waals surface area contributed by atoms with Crippen LogP contribution in [0.2, 0.25) is 0 Å². The zero-order chi connectivity index (χ0) is 18.4. The normalized spacial score (nSPS) is 22.9. The zero-order valence-electron chi connectivity index (χ0n) is 15.7. The second-order valence-electron chi connectivity index (χ2n) is 7.97. The van der Waals surface area contributed by atoms with Crippen molar-refractivity contribution in [2.75, 3.05) is 32.1 Å². The number of fused-ring (bicyclic) bond motifs is 3. The predicted octanol–water partition coefficient (Wildman–Crippen LogP) is 3.64. The Morgan fingerprint density at radius 1 is 1.26 bits per heavy atom. The third-order valence-corrected chi connectivity index (χ3v) is 7.89. The van der Waals surface area contributed by atoms with E-state index in [2.05, 4.69) is 6.92 Å². The smallest absolute Gasteiger partial charge is 0.233 e. The molecule has 2 aromatic rings. The molecule has 0 bridgehead atoms. The molecule has 5 nitrogen and oxygen atoms in total. The Hall–Kier alpha value is -1.18. The molecule has 5 rings (SSSR count). The van der Waals surface area contributed by atoms with Crippen LogP contribution < -0.4 is 0 Å². The molecular weight excluding hydrogens is 378 g/mol. The molecule has 0 spiro atoms. The standard InChI is InChI=1S/C20H25N3O2S2/c1-12-2-5-14-15(10-12)27-20-17(14)19(21-18(22-20)13-3-4-13)26-11-16(24)23-6-8-25-9-7-23/h12-13H,2-11H2,1H3/t12-/m1/s1. The number of carbonyl (C=O) groups excluding carboxylic acids is 1. The SMILES string of the molecule is C[C@@H]1CCc2c(sc3nc(C4CC4)nc(SCC(=O)N4CCOCC4)c23)C1. The van der Waals surface area contributed by atoms with E-state index in [1.165, 1.54) is 35.1 Å². The monoisotopic (exact) mass is 403 g/mol. The van der Waals surface area contributed by atoms with Crippen LogP contribution in [0, 0.1) is 5.92 Å². The summed E-state index contributed by atoms with van der Waals surface area (Å²) in [5, 5.41) is 2.28. The minimum absolute atomic E-state index is 0.195. The first-order valence-electron chi connectivity index (χ1n) is 9.99. The Bertz CT molecular complexity index is 872. The van der Waals surface area contributed by atoms with Crippen LogP contribution in [0.4, 0.5) is 0 Å². The molecule has 0 unspecified atom stereocenters. The Kier molecular flexibility index (Phi) is 4.86. The number of amides is 1. The maximum absolute atomic E-state index is 12.6. The first kappa shape index (κ1) is 17.9. The highest BCUT2D eigenvalue weighted by atomic mass is 32.2. The van der Waals surface area contributed by atoms with Gasteiger partial charge >= 0.3 is 0 Å². The van der Waals surface area contributed by atoms with Crippen LogP contribution in [0.15, 0.2) is 5.03 Å². The fraction of sp³-hybridized carbons (Fsp3) is 0.650. The summed E-state index contributed by atoms with van der Waals surface area (Å²) >= 11 is 3.48. The number of aromatic nitrogens is 2. The third kappa shape index (κ3) is 3.61. The van der Waals surface area contributed by atoms with E-state index in [-0.39, 0.29) is 5.91 Å². The van der Waals surface area contributed by atoms with Gasteiger partial charge in [-0.05, 0) is 43.6 Å². The van der Waals surface area contributed by atoms with Crippen LogP contribution in [0.25, 0.3) is 10.2 Å². The molecule has 1 aliphatic heterocycles. The van der Waals surface area contributed by atoms with Gasteiger partial charge in [-0.3, -0.25) is 4.79 Å². The Balaban J connectivity index is 1.45. The minimum atomic E-state index is 0.195. The topological polar surface area (TPSA) is 55.3 Å². The number of hydrogen-bond donors (Lipinski definition) is 0. The van der Waals surface area contributed by atoms with E-state index in [9.17, 15) is 4.79 Å². The molecule has 2 fully saturated rings. The molecule has 2 aromatic heterocycles. The lowest BCUT2D eigenvalue weighted by atomic mass is 9.89. The van der Waals surface area contributed by atoms with Crippen LogP contribution >= 0.6 is 23.1 Å². The number of ether oxygens (including phenoxy) is 1. The fourth-order valence-electron chi connectivity index (χ4n) is 3.99. The minimum Gasteiger partial charge on any atom is -0.378 e. The zero-order valence-corrected chi connectivity index (χ0v) is 17.3. The summed E-state index contributed by atoms with van der Waals surface area (Å²) < 4.78 is 5.36. The third-order valence-electron chi connectivity index (χ3n) is 5.78. The molecule has 7 heteroatoms. The largest absolute Gasteiger partial charge is 0.378 e. The van der Waals surface area contributed by atoms with Crippen LogP contribution in [-0.2, 0) is 22.4 Å². The molecule has 0 N–H and O–H groups in total. The summed E-state index contributed by atoms with van der Waals surface area (Å²) in [6, 6.07) is 0. The Morgan fingerprint density at radius 3 is 2.85 bits per heavy atom. The van der Waals surface area contributed by atoms with E-state index in [1.54, 1.807) is 11.8 Å². The van der Waals surface area contributed by atoms with Crippen molar-refractivity contribution in [3.05, 3.63) is 16.3 Å². The Labute approximate surface area is 167 Å². The number of hydrogen-bond acceptors (Lipinski definition) is 6. The van der Waals surface area contributed by atoms with E-state index in [4.69, 9.17) is 14.7 Å². The van der Waals surface area contributed by atoms with Crippen molar-refractivity contribution >= 4 is 39.2 Å². The van der Waals surface area contributed by atoms with Crippen LogP contribution in [0.1, 0.15) is 48.4 Å². The Morgan fingerprint density at radius 2 is 2.07 bits per heavy atom. The molecule has 144 valence electrons. The van der Waals surface area contributed by atoms with E-state index in [0.29, 0.717) is 38.0 Å². The van der Waals surface area contributed by atoms with Gasteiger partial charge in [0.25, 0.3) is 0 Å². The summed E-state index contributed by atoms with van der Waals surface area (Å²) in [5.74, 6) is 2.93. The average molecular weight is 404 g/mol. The summed E-state index contributed by atoms with van der Waals surface area (Å²) in [6.07, 6.45) is 5.91. The van der Waals surface area contributed by atoms with E-state index in [1.807, 2.05) is 16.2 Å². The first-order chi connectivity index (χ1) is 13.2. The van der Waals surface area contributed by atoms with Gasteiger partial charge in [-0.2, -0.15) is 0 Å². The van der Waals surface area contributed by atoms with Gasteiger partial charge in [-0.25, -0.2) is 9.97 Å². The molecular formula is C20H25N3O2S2. The predicted molar refractivity (Wildman–Crippen MR) is 109 cm³/mol. The summed E-state index contributed by atoms with van der Waals surface area (Å²) in [4.78, 5) is 27.0. The average Bonchev–Trinajstić information content (AvgIpc) is 3.47. The highest BCUT2D eigenvalue weighted by Crippen LogP contribution is 2.44. The van der Waals surface area contributed by atoms with Crippen molar-refractivity contribution in [3.63, 3.8) is 0 Å². The molecule has 1 atom stereocenters. The molecule has 3 heterocycles. The van der Waals surface area contributed by atoms with Crippen molar-refractivity contribution < 1.29 is 9.53 Å². The van der Waals surface area contributed by atoms with Gasteiger partial charge in [0.2, 0.25) is 5.91 Å². The molecule has 1 saturated carbocycles. The lowest BCUT2D eigenvalue weighted by Gasteiger charge is -2.26. The summed E-state index contributed by atoms with van der Waals surface area (Å²) in [6.45, 7) is 5.05. The van der Waals surface area contributed by atoms with Gasteiger partial charge in [0.1, 0.15) is 15.7 Å². The second-order valence-corrected chi connectivity index (χ2v) is 10.0. The maximum atomic E-state index is 12.6. The van der Waals surface area contributed by atoms with E-state index < -0.39 is 0 Å². The molecule has 1 saturated heterocycles. The van der Waals surface area contributed by atoms with Crippen molar-refractivity contribution in [2.45, 2.75) is 50.0 Å². The maximum Gasteiger partial charge on any atom is 0.233 e. The number of aryl methyl sites for hydroxylation is 1. The molecule has 3 aliphatic rings. The number of rotatable bonds is 4. The van der Waals surface area contributed by atoms with Crippen LogP contribution in [0.5, 0.6) is 0 Å². The van der Waals surface area contributed by atoms with Gasteiger partial charge in [0.15, 0.2) is 0 Å². The second kappa shape index (κ2) is 7.33. The highest BCUT2D eigenvalue weighted by Gasteiger charge is 2.30. The first-order valence-corrected chi connectivity index (χ1v) is 11.8. The van der Waals surface area contributed by atoms with Crippen molar-refractivity contribution in [1.29, 1.82) is 0 Å². The quantitative estimate of drug-likeness (QED) is 0.576. The molecule has 0 aromatic carbocycles. The van der Waals surface area contributed by atoms with Crippen LogP contribution in [-0.4, -0.2) is 52.8 Å². The van der Waals surface area contributed by atoms with Crippen LogP contribution in [0.3, 0.4) is 0 Å². The van der Waals surface area contributed by atoms with Gasteiger partial charge in [0.05, 0.1) is 19.0 Å². The number of morpholine rings is 1. The van der Waals surface area contributed by atoms with Gasteiger partial charge in [-0.15, -0.1) is 11.3 Å². The van der Waals surface area contributed by atoms with Crippen molar-refractivity contribution in [1.82, 2.24) is 14.9 Å². The lowest BCUT2D eigenvalue weighted by molar-refractivity contribution is -0.132. The van der Waals surface area contributed by atoms with Crippen molar-refractivity contribution in [3.8, 4) is 0 Å². The lowest BCUT2D eigenvalue weighted by Crippen LogP contribution is -2.41. The number of carbonyl (C=O) groups is 1. The van der Waals surface area contributed by atoms with Gasteiger partial charge < -0.3 is 9.64 Å². The van der Waals surface area contributed by atoms with Crippen molar-refractivity contribution in [2.24, 2.45) is 5.92 Å². The highest BCUT2D eigenvalue weighted by molar-refractivity contribution is 8.00. The van der Waals surface area contributed by atoms with Gasteiger partial charge in [0, 0.05) is 29.3 Å². The number of nitrogens with zero attached hydrogens (tertiary/aromatic N) is 3. The fourth-order valence-corrected chi connectivity index (χ4v) is 6.41. The molecule has 27 heavy (non-hydrogen) atoms.